The SMILES string of the molecule is CCCn1cc(S(=O)(=O)NCCCCC(C)C)cc1CN. The first kappa shape index (κ1) is 18.2. The smallest absolute Gasteiger partial charge is 0.242 e. The van der Waals surface area contributed by atoms with E-state index in [1.54, 1.807) is 12.3 Å². The summed E-state index contributed by atoms with van der Waals surface area (Å²) in [4.78, 5) is 0.320. The van der Waals surface area contributed by atoms with Crippen molar-refractivity contribution in [3.8, 4) is 0 Å². The van der Waals surface area contributed by atoms with Gasteiger partial charge in [0, 0.05) is 31.5 Å². The first-order chi connectivity index (χ1) is 9.90. The number of unbranched alkanes of at least 4 members (excludes halogenated alkanes) is 1. The van der Waals surface area contributed by atoms with Crippen LogP contribution in [0.3, 0.4) is 0 Å². The zero-order valence-corrected chi connectivity index (χ0v) is 14.2. The number of hydrogen-bond acceptors (Lipinski definition) is 3. The van der Waals surface area contributed by atoms with Gasteiger partial charge in [-0.1, -0.05) is 33.6 Å². The maximum absolute atomic E-state index is 12.2. The van der Waals surface area contributed by atoms with Crippen molar-refractivity contribution < 1.29 is 8.42 Å². The van der Waals surface area contributed by atoms with Crippen molar-refractivity contribution in [2.75, 3.05) is 6.54 Å². The van der Waals surface area contributed by atoms with Crippen LogP contribution in [0.2, 0.25) is 0 Å². The molecule has 0 aliphatic carbocycles. The minimum atomic E-state index is -3.42. The van der Waals surface area contributed by atoms with E-state index in [-0.39, 0.29) is 0 Å². The normalized spacial score (nSPS) is 12.2. The second-order valence-electron chi connectivity index (χ2n) is 5.85. The van der Waals surface area contributed by atoms with E-state index in [2.05, 4.69) is 25.5 Å². The van der Waals surface area contributed by atoms with Crippen LogP contribution in [0, 0.1) is 5.92 Å². The molecule has 0 saturated carbocycles. The number of aryl methyl sites for hydroxylation is 1. The number of nitrogens with two attached hydrogens (primary N) is 1. The number of aromatic nitrogens is 1. The van der Waals surface area contributed by atoms with Crippen molar-refractivity contribution in [1.82, 2.24) is 9.29 Å². The monoisotopic (exact) mass is 315 g/mol. The van der Waals surface area contributed by atoms with Gasteiger partial charge in [0.05, 0.1) is 4.90 Å². The molecule has 0 aliphatic rings. The molecule has 0 aliphatic heterocycles. The average molecular weight is 315 g/mol. The Bertz CT molecular complexity index is 521. The average Bonchev–Trinajstić information content (AvgIpc) is 2.82. The van der Waals surface area contributed by atoms with Crippen LogP contribution in [0.15, 0.2) is 17.2 Å². The summed E-state index contributed by atoms with van der Waals surface area (Å²) in [6.07, 6.45) is 5.68. The van der Waals surface area contributed by atoms with Crippen molar-refractivity contribution in [2.45, 2.75) is 64.4 Å². The van der Waals surface area contributed by atoms with Crippen LogP contribution in [0.1, 0.15) is 52.1 Å². The zero-order valence-electron chi connectivity index (χ0n) is 13.4. The van der Waals surface area contributed by atoms with Crippen molar-refractivity contribution in [2.24, 2.45) is 11.7 Å². The van der Waals surface area contributed by atoms with Gasteiger partial charge >= 0.3 is 0 Å². The Balaban J connectivity index is 2.61. The van der Waals surface area contributed by atoms with Gasteiger partial charge in [0.1, 0.15) is 0 Å². The van der Waals surface area contributed by atoms with E-state index in [1.807, 2.05) is 4.57 Å². The van der Waals surface area contributed by atoms with Gasteiger partial charge in [0.15, 0.2) is 0 Å². The first-order valence-corrected chi connectivity index (χ1v) is 9.27. The lowest BCUT2D eigenvalue weighted by molar-refractivity contribution is 0.530. The lowest BCUT2D eigenvalue weighted by Gasteiger charge is -2.06. The lowest BCUT2D eigenvalue weighted by atomic mass is 10.1. The molecule has 1 heterocycles. The van der Waals surface area contributed by atoms with Gasteiger partial charge in [-0.25, -0.2) is 13.1 Å². The van der Waals surface area contributed by atoms with Crippen LogP contribution < -0.4 is 10.5 Å². The Morgan fingerprint density at radius 3 is 2.62 bits per heavy atom. The lowest BCUT2D eigenvalue weighted by Crippen LogP contribution is -2.24. The van der Waals surface area contributed by atoms with E-state index in [9.17, 15) is 8.42 Å². The molecule has 0 amide bonds. The van der Waals surface area contributed by atoms with Gasteiger partial charge in [-0.15, -0.1) is 0 Å². The largest absolute Gasteiger partial charge is 0.349 e. The quantitative estimate of drug-likeness (QED) is 0.651. The maximum Gasteiger partial charge on any atom is 0.242 e. The minimum Gasteiger partial charge on any atom is -0.349 e. The Kier molecular flexibility index (Phi) is 7.42. The predicted octanol–water partition coefficient (Wildman–Crippen LogP) is 2.46. The fraction of sp³-hybridized carbons (Fsp3) is 0.733. The maximum atomic E-state index is 12.2. The summed E-state index contributed by atoms with van der Waals surface area (Å²) < 4.78 is 29.1. The summed E-state index contributed by atoms with van der Waals surface area (Å²) in [5.74, 6) is 0.664. The third-order valence-electron chi connectivity index (χ3n) is 3.45. The predicted molar refractivity (Wildman–Crippen MR) is 86.5 cm³/mol. The van der Waals surface area contributed by atoms with Crippen LogP contribution >= 0.6 is 0 Å². The molecular weight excluding hydrogens is 286 g/mol. The van der Waals surface area contributed by atoms with E-state index in [0.29, 0.717) is 23.9 Å². The number of sulfonamides is 1. The minimum absolute atomic E-state index is 0.320. The molecule has 0 aromatic carbocycles. The van der Waals surface area contributed by atoms with E-state index >= 15 is 0 Å². The summed E-state index contributed by atoms with van der Waals surface area (Å²) in [6.45, 7) is 8.04. The fourth-order valence-corrected chi connectivity index (χ4v) is 3.40. The Morgan fingerprint density at radius 2 is 2.05 bits per heavy atom. The number of hydrogen-bond donors (Lipinski definition) is 2. The summed E-state index contributed by atoms with van der Waals surface area (Å²) in [6, 6.07) is 1.67. The van der Waals surface area contributed by atoms with Crippen LogP contribution in [-0.2, 0) is 23.1 Å². The highest BCUT2D eigenvalue weighted by Gasteiger charge is 2.17. The molecule has 1 aromatic rings. The highest BCUT2D eigenvalue weighted by atomic mass is 32.2. The topological polar surface area (TPSA) is 77.1 Å². The van der Waals surface area contributed by atoms with Crippen LogP contribution in [0.4, 0.5) is 0 Å². The van der Waals surface area contributed by atoms with Crippen LogP contribution in [0.5, 0.6) is 0 Å². The third-order valence-corrected chi connectivity index (χ3v) is 4.87. The number of nitrogens with zero attached hydrogens (tertiary/aromatic N) is 1. The number of rotatable bonds is 10. The molecule has 0 bridgehead atoms. The van der Waals surface area contributed by atoms with E-state index in [4.69, 9.17) is 5.73 Å². The molecule has 1 rings (SSSR count). The molecule has 0 atom stereocenters. The first-order valence-electron chi connectivity index (χ1n) is 7.79. The van der Waals surface area contributed by atoms with Crippen molar-refractivity contribution in [1.29, 1.82) is 0 Å². The van der Waals surface area contributed by atoms with Crippen LogP contribution in [-0.4, -0.2) is 19.5 Å². The Morgan fingerprint density at radius 1 is 1.33 bits per heavy atom. The molecule has 0 saturated heterocycles. The van der Waals surface area contributed by atoms with Gasteiger partial charge < -0.3 is 10.3 Å². The van der Waals surface area contributed by atoms with Crippen molar-refractivity contribution in [3.63, 3.8) is 0 Å². The van der Waals surface area contributed by atoms with Crippen LogP contribution in [0.25, 0.3) is 0 Å². The van der Waals surface area contributed by atoms with E-state index in [0.717, 1.165) is 37.9 Å². The van der Waals surface area contributed by atoms with Gasteiger partial charge in [-0.2, -0.15) is 0 Å². The highest BCUT2D eigenvalue weighted by Crippen LogP contribution is 2.15. The fourth-order valence-electron chi connectivity index (χ4n) is 2.26. The summed E-state index contributed by atoms with van der Waals surface area (Å²) >= 11 is 0. The summed E-state index contributed by atoms with van der Waals surface area (Å²) in [5.41, 5.74) is 6.53. The van der Waals surface area contributed by atoms with E-state index in [1.165, 1.54) is 0 Å². The standard InChI is InChI=1S/C15H29N3O2S/c1-4-9-18-12-15(10-14(18)11-16)21(19,20)17-8-6-5-7-13(2)3/h10,12-13,17H,4-9,11,16H2,1-3H3. The van der Waals surface area contributed by atoms with Crippen molar-refractivity contribution >= 4 is 10.0 Å². The second-order valence-corrected chi connectivity index (χ2v) is 7.62. The molecule has 0 spiro atoms. The third kappa shape index (κ3) is 5.80. The van der Waals surface area contributed by atoms with E-state index < -0.39 is 10.0 Å². The molecular formula is C15H29N3O2S. The van der Waals surface area contributed by atoms with Gasteiger partial charge in [0.2, 0.25) is 10.0 Å². The molecule has 122 valence electrons. The molecule has 3 N–H and O–H groups in total. The van der Waals surface area contributed by atoms with Gasteiger partial charge in [-0.3, -0.25) is 0 Å². The van der Waals surface area contributed by atoms with Crippen molar-refractivity contribution in [3.05, 3.63) is 18.0 Å². The molecule has 0 fully saturated rings. The Labute approximate surface area is 129 Å². The highest BCUT2D eigenvalue weighted by molar-refractivity contribution is 7.89. The molecule has 0 unspecified atom stereocenters. The van der Waals surface area contributed by atoms with Gasteiger partial charge in [0.25, 0.3) is 0 Å². The second kappa shape index (κ2) is 8.56. The molecule has 1 aromatic heterocycles. The Hall–Kier alpha value is -0.850. The zero-order chi connectivity index (χ0) is 15.9. The van der Waals surface area contributed by atoms with Gasteiger partial charge in [-0.05, 0) is 24.8 Å². The molecule has 21 heavy (non-hydrogen) atoms. The number of nitrogens with one attached hydrogen (secondary N) is 1. The summed E-state index contributed by atoms with van der Waals surface area (Å²) in [7, 11) is -3.42. The molecule has 5 nitrogen and oxygen atoms in total. The molecule has 6 heteroatoms. The summed E-state index contributed by atoms with van der Waals surface area (Å²) in [5, 5.41) is 0. The molecule has 0 radical (unpaired) electrons.